The molecule has 2 aromatic carbocycles. The van der Waals surface area contributed by atoms with E-state index in [-0.39, 0.29) is 0 Å². The van der Waals surface area contributed by atoms with Crippen LogP contribution in [0.25, 0.3) is 0 Å². The van der Waals surface area contributed by atoms with Crippen LogP contribution in [0.2, 0.25) is 0 Å². The Kier molecular flexibility index (Phi) is 4.03. The van der Waals surface area contributed by atoms with Gasteiger partial charge < -0.3 is 10.5 Å². The van der Waals surface area contributed by atoms with Crippen molar-refractivity contribution in [2.75, 3.05) is 12.3 Å². The van der Waals surface area contributed by atoms with E-state index in [1.165, 1.54) is 5.56 Å². The van der Waals surface area contributed by atoms with E-state index in [0.717, 1.165) is 30.9 Å². The van der Waals surface area contributed by atoms with Crippen LogP contribution in [-0.2, 0) is 6.42 Å². The Labute approximate surface area is 102 Å². The number of benzene rings is 2. The molecule has 2 N–H and O–H groups in total. The van der Waals surface area contributed by atoms with Crippen LogP contribution in [0.15, 0.2) is 54.6 Å². The number of para-hydroxylation sites is 1. The summed E-state index contributed by atoms with van der Waals surface area (Å²) in [6, 6.07) is 17.9. The first-order valence-corrected chi connectivity index (χ1v) is 5.87. The molecule has 0 saturated carbocycles. The second-order valence-corrected chi connectivity index (χ2v) is 4.01. The molecule has 2 heteroatoms. The fraction of sp³-hybridized carbons (Fsp3) is 0.200. The van der Waals surface area contributed by atoms with Crippen molar-refractivity contribution in [1.29, 1.82) is 0 Å². The maximum Gasteiger partial charge on any atom is 0.119 e. The Hall–Kier alpha value is -1.96. The van der Waals surface area contributed by atoms with Gasteiger partial charge in [0, 0.05) is 5.69 Å². The maximum atomic E-state index is 5.72. The summed E-state index contributed by atoms with van der Waals surface area (Å²) in [5.74, 6) is 0.931. The first kappa shape index (κ1) is 11.5. The van der Waals surface area contributed by atoms with Gasteiger partial charge in [-0.2, -0.15) is 0 Å². The minimum absolute atomic E-state index is 0.735. The molecule has 0 heterocycles. The topological polar surface area (TPSA) is 35.2 Å². The van der Waals surface area contributed by atoms with Gasteiger partial charge in [-0.3, -0.25) is 0 Å². The van der Waals surface area contributed by atoms with Crippen molar-refractivity contribution in [1.82, 2.24) is 0 Å². The zero-order chi connectivity index (χ0) is 11.9. The lowest BCUT2D eigenvalue weighted by Gasteiger charge is -2.06. The van der Waals surface area contributed by atoms with Crippen molar-refractivity contribution >= 4 is 5.69 Å². The second kappa shape index (κ2) is 5.94. The highest BCUT2D eigenvalue weighted by atomic mass is 16.5. The van der Waals surface area contributed by atoms with Crippen molar-refractivity contribution in [3.63, 3.8) is 0 Å². The third kappa shape index (κ3) is 3.83. The fourth-order valence-electron chi connectivity index (χ4n) is 1.73. The predicted molar refractivity (Wildman–Crippen MR) is 71.1 cm³/mol. The molecule has 2 rings (SSSR count). The molecule has 0 bridgehead atoms. The van der Waals surface area contributed by atoms with E-state index in [2.05, 4.69) is 6.07 Å². The molecule has 0 radical (unpaired) electrons. The average molecular weight is 227 g/mol. The summed E-state index contributed by atoms with van der Waals surface area (Å²) in [4.78, 5) is 0. The van der Waals surface area contributed by atoms with E-state index < -0.39 is 0 Å². The van der Waals surface area contributed by atoms with E-state index in [1.54, 1.807) is 0 Å². The van der Waals surface area contributed by atoms with E-state index in [9.17, 15) is 0 Å². The summed E-state index contributed by atoms with van der Waals surface area (Å²) in [5, 5.41) is 0. The van der Waals surface area contributed by atoms with E-state index in [0.29, 0.717) is 0 Å². The lowest BCUT2D eigenvalue weighted by atomic mass is 10.1. The Morgan fingerprint density at radius 1 is 0.941 bits per heavy atom. The maximum absolute atomic E-state index is 5.72. The van der Waals surface area contributed by atoms with Gasteiger partial charge in [-0.1, -0.05) is 30.3 Å². The van der Waals surface area contributed by atoms with Crippen LogP contribution in [-0.4, -0.2) is 6.61 Å². The first-order chi connectivity index (χ1) is 8.34. The molecule has 0 fully saturated rings. The highest BCUT2D eigenvalue weighted by Crippen LogP contribution is 2.11. The van der Waals surface area contributed by atoms with E-state index >= 15 is 0 Å². The minimum atomic E-state index is 0.735. The van der Waals surface area contributed by atoms with Crippen molar-refractivity contribution in [2.24, 2.45) is 0 Å². The molecular formula is C15H17NO. The smallest absolute Gasteiger partial charge is 0.119 e. The SMILES string of the molecule is Nc1cccc(CCCOc2ccccc2)c1. The highest BCUT2D eigenvalue weighted by Gasteiger charge is 1.95. The van der Waals surface area contributed by atoms with Gasteiger partial charge >= 0.3 is 0 Å². The summed E-state index contributed by atoms with van der Waals surface area (Å²) >= 11 is 0. The molecule has 88 valence electrons. The van der Waals surface area contributed by atoms with Crippen LogP contribution in [0.4, 0.5) is 5.69 Å². The van der Waals surface area contributed by atoms with Crippen LogP contribution in [0.1, 0.15) is 12.0 Å². The normalized spacial score (nSPS) is 10.1. The molecule has 0 aliphatic heterocycles. The predicted octanol–water partition coefficient (Wildman–Crippen LogP) is 3.28. The summed E-state index contributed by atoms with van der Waals surface area (Å²) in [5.41, 5.74) is 7.81. The minimum Gasteiger partial charge on any atom is -0.494 e. The van der Waals surface area contributed by atoms with Gasteiger partial charge in [0.1, 0.15) is 5.75 Å². The van der Waals surface area contributed by atoms with Crippen molar-refractivity contribution in [3.8, 4) is 5.75 Å². The number of nitrogens with two attached hydrogens (primary N) is 1. The molecule has 0 saturated heterocycles. The molecule has 2 aromatic rings. The number of ether oxygens (including phenoxy) is 1. The number of rotatable bonds is 5. The molecular weight excluding hydrogens is 210 g/mol. The van der Waals surface area contributed by atoms with Gasteiger partial charge in [-0.05, 0) is 42.7 Å². The zero-order valence-electron chi connectivity index (χ0n) is 9.80. The van der Waals surface area contributed by atoms with Crippen molar-refractivity contribution in [2.45, 2.75) is 12.8 Å². The second-order valence-electron chi connectivity index (χ2n) is 4.01. The van der Waals surface area contributed by atoms with Crippen LogP contribution >= 0.6 is 0 Å². The molecule has 2 nitrogen and oxygen atoms in total. The van der Waals surface area contributed by atoms with Crippen LogP contribution in [0.3, 0.4) is 0 Å². The summed E-state index contributed by atoms with van der Waals surface area (Å²) in [6.45, 7) is 0.735. The number of aryl methyl sites for hydroxylation is 1. The molecule has 17 heavy (non-hydrogen) atoms. The van der Waals surface area contributed by atoms with Gasteiger partial charge in [0.25, 0.3) is 0 Å². The monoisotopic (exact) mass is 227 g/mol. The standard InChI is InChI=1S/C15H17NO/c16-14-8-4-6-13(12-14)7-5-11-17-15-9-2-1-3-10-15/h1-4,6,8-10,12H,5,7,11,16H2. The average Bonchev–Trinajstić information content (AvgIpc) is 2.36. The van der Waals surface area contributed by atoms with Gasteiger partial charge in [-0.25, -0.2) is 0 Å². The number of nitrogen functional groups attached to an aromatic ring is 1. The summed E-state index contributed by atoms with van der Waals surface area (Å²) in [6.07, 6.45) is 2.00. The molecule has 0 aliphatic carbocycles. The van der Waals surface area contributed by atoms with Gasteiger partial charge in [0.05, 0.1) is 6.61 Å². The molecule has 0 unspecified atom stereocenters. The van der Waals surface area contributed by atoms with Gasteiger partial charge in [0.15, 0.2) is 0 Å². The van der Waals surface area contributed by atoms with Crippen LogP contribution in [0, 0.1) is 0 Å². The van der Waals surface area contributed by atoms with Crippen LogP contribution in [0.5, 0.6) is 5.75 Å². The third-order valence-corrected chi connectivity index (χ3v) is 2.57. The lowest BCUT2D eigenvalue weighted by molar-refractivity contribution is 0.311. The number of anilines is 1. The Morgan fingerprint density at radius 3 is 2.53 bits per heavy atom. The molecule has 0 aromatic heterocycles. The summed E-state index contributed by atoms with van der Waals surface area (Å²) < 4.78 is 5.63. The highest BCUT2D eigenvalue weighted by molar-refractivity contribution is 5.40. The van der Waals surface area contributed by atoms with E-state index in [1.807, 2.05) is 48.5 Å². The largest absolute Gasteiger partial charge is 0.494 e. The van der Waals surface area contributed by atoms with Crippen molar-refractivity contribution in [3.05, 3.63) is 60.2 Å². The number of hydrogen-bond acceptors (Lipinski definition) is 2. The molecule has 0 spiro atoms. The Bertz CT molecular complexity index is 453. The molecule has 0 aliphatic rings. The molecule has 0 atom stereocenters. The van der Waals surface area contributed by atoms with Crippen molar-refractivity contribution < 1.29 is 4.74 Å². The fourth-order valence-corrected chi connectivity index (χ4v) is 1.73. The first-order valence-electron chi connectivity index (χ1n) is 5.87. The van der Waals surface area contributed by atoms with Crippen LogP contribution < -0.4 is 10.5 Å². The number of hydrogen-bond donors (Lipinski definition) is 1. The van der Waals surface area contributed by atoms with E-state index in [4.69, 9.17) is 10.5 Å². The third-order valence-electron chi connectivity index (χ3n) is 2.57. The van der Waals surface area contributed by atoms with Gasteiger partial charge in [-0.15, -0.1) is 0 Å². The summed E-state index contributed by atoms with van der Waals surface area (Å²) in [7, 11) is 0. The Balaban J connectivity index is 1.73. The Morgan fingerprint density at radius 2 is 1.76 bits per heavy atom. The van der Waals surface area contributed by atoms with Gasteiger partial charge in [0.2, 0.25) is 0 Å². The zero-order valence-corrected chi connectivity index (χ0v) is 9.80. The quantitative estimate of drug-likeness (QED) is 0.628. The lowest BCUT2D eigenvalue weighted by Crippen LogP contribution is -1.99. The molecule has 0 amide bonds.